The van der Waals surface area contributed by atoms with Crippen molar-refractivity contribution in [1.29, 1.82) is 0 Å². The van der Waals surface area contributed by atoms with Gasteiger partial charge >= 0.3 is 6.01 Å². The molecule has 72 valence electrons. The van der Waals surface area contributed by atoms with E-state index in [9.17, 15) is 0 Å². The lowest BCUT2D eigenvalue weighted by Crippen LogP contribution is -2.09. The Morgan fingerprint density at radius 3 is 3.08 bits per heavy atom. The van der Waals surface area contributed by atoms with E-state index < -0.39 is 0 Å². The van der Waals surface area contributed by atoms with E-state index >= 15 is 0 Å². The highest BCUT2D eigenvalue weighted by Crippen LogP contribution is 2.15. The number of aryl methyl sites for hydroxylation is 1. The molecule has 2 heterocycles. The molecule has 0 saturated carbocycles. The summed E-state index contributed by atoms with van der Waals surface area (Å²) >= 11 is 0. The second kappa shape index (κ2) is 3.74. The molecule has 2 rings (SSSR count). The highest BCUT2D eigenvalue weighted by molar-refractivity contribution is 5.04. The van der Waals surface area contributed by atoms with Crippen molar-refractivity contribution in [2.45, 2.75) is 19.3 Å². The van der Waals surface area contributed by atoms with Crippen LogP contribution in [0.1, 0.15) is 18.7 Å². The van der Waals surface area contributed by atoms with Crippen molar-refractivity contribution < 1.29 is 4.42 Å². The number of anilines is 1. The van der Waals surface area contributed by atoms with Gasteiger partial charge in [-0.1, -0.05) is 5.10 Å². The summed E-state index contributed by atoms with van der Waals surface area (Å²) < 4.78 is 5.08. The summed E-state index contributed by atoms with van der Waals surface area (Å²) in [7, 11) is 0. The zero-order valence-corrected chi connectivity index (χ0v) is 7.49. The van der Waals surface area contributed by atoms with Gasteiger partial charge in [0.25, 0.3) is 0 Å². The van der Waals surface area contributed by atoms with Crippen LogP contribution in [0.25, 0.3) is 0 Å². The average Bonchev–Trinajstić information content (AvgIpc) is 2.71. The molecule has 1 aliphatic heterocycles. The normalized spacial score (nSPS) is 22.3. The minimum Gasteiger partial charge on any atom is -0.408 e. The summed E-state index contributed by atoms with van der Waals surface area (Å²) in [5.74, 6) is 1.41. The molecule has 3 N–H and O–H groups in total. The van der Waals surface area contributed by atoms with E-state index in [1.165, 1.54) is 6.42 Å². The number of aromatic nitrogens is 2. The first-order valence-electron chi connectivity index (χ1n) is 4.63. The molecule has 0 bridgehead atoms. The number of nitrogens with zero attached hydrogens (tertiary/aromatic N) is 2. The average molecular weight is 182 g/mol. The molecule has 1 fully saturated rings. The maximum atomic E-state index is 5.31. The Labute approximate surface area is 76.7 Å². The van der Waals surface area contributed by atoms with E-state index in [1.807, 2.05) is 0 Å². The number of rotatable bonds is 3. The third-order valence-electron chi connectivity index (χ3n) is 2.41. The summed E-state index contributed by atoms with van der Waals surface area (Å²) in [4.78, 5) is 0. The lowest BCUT2D eigenvalue weighted by atomic mass is 10.0. The van der Waals surface area contributed by atoms with Crippen molar-refractivity contribution in [3.05, 3.63) is 5.89 Å². The van der Waals surface area contributed by atoms with Crippen LogP contribution in [-0.4, -0.2) is 23.3 Å². The van der Waals surface area contributed by atoms with Gasteiger partial charge < -0.3 is 15.5 Å². The van der Waals surface area contributed by atoms with E-state index in [2.05, 4.69) is 15.5 Å². The molecule has 0 radical (unpaired) electrons. The van der Waals surface area contributed by atoms with Gasteiger partial charge in [-0.25, -0.2) is 0 Å². The Morgan fingerprint density at radius 2 is 2.46 bits per heavy atom. The molecule has 0 amide bonds. The molecule has 1 unspecified atom stereocenters. The van der Waals surface area contributed by atoms with Crippen LogP contribution in [-0.2, 0) is 6.42 Å². The van der Waals surface area contributed by atoms with Crippen LogP contribution in [0.3, 0.4) is 0 Å². The second-order valence-electron chi connectivity index (χ2n) is 3.43. The Bertz CT molecular complexity index is 267. The molecule has 13 heavy (non-hydrogen) atoms. The number of nitrogens with two attached hydrogens (primary N) is 1. The fourth-order valence-electron chi connectivity index (χ4n) is 1.66. The minimum absolute atomic E-state index is 0.166. The van der Waals surface area contributed by atoms with Crippen molar-refractivity contribution in [3.63, 3.8) is 0 Å². The maximum Gasteiger partial charge on any atom is 0.312 e. The molecule has 1 aliphatic rings. The number of hydrogen-bond acceptors (Lipinski definition) is 5. The number of nitrogen functional groups attached to an aromatic ring is 1. The monoisotopic (exact) mass is 182 g/mol. The molecule has 0 spiro atoms. The molecule has 1 aromatic heterocycles. The number of hydrogen-bond donors (Lipinski definition) is 2. The van der Waals surface area contributed by atoms with Gasteiger partial charge in [0.05, 0.1) is 0 Å². The van der Waals surface area contributed by atoms with Gasteiger partial charge in [0.1, 0.15) is 0 Å². The molecule has 5 heteroatoms. The van der Waals surface area contributed by atoms with Crippen LogP contribution in [0.15, 0.2) is 4.42 Å². The van der Waals surface area contributed by atoms with Crippen molar-refractivity contribution in [2.75, 3.05) is 18.8 Å². The van der Waals surface area contributed by atoms with Gasteiger partial charge in [-0.2, -0.15) is 0 Å². The topological polar surface area (TPSA) is 77.0 Å². The first-order chi connectivity index (χ1) is 6.34. The van der Waals surface area contributed by atoms with E-state index in [0.29, 0.717) is 5.89 Å². The molecule has 1 atom stereocenters. The summed E-state index contributed by atoms with van der Waals surface area (Å²) in [6.45, 7) is 2.25. The van der Waals surface area contributed by atoms with Crippen LogP contribution in [0, 0.1) is 5.92 Å². The predicted octanol–water partition coefficient (Wildman–Crippen LogP) is 0.194. The molecular weight excluding hydrogens is 168 g/mol. The smallest absolute Gasteiger partial charge is 0.312 e. The maximum absolute atomic E-state index is 5.31. The lowest BCUT2D eigenvalue weighted by molar-refractivity contribution is 0.457. The fraction of sp³-hybridized carbons (Fsp3) is 0.750. The van der Waals surface area contributed by atoms with Gasteiger partial charge in [-0.15, -0.1) is 5.10 Å². The van der Waals surface area contributed by atoms with Crippen LogP contribution in [0.4, 0.5) is 6.01 Å². The van der Waals surface area contributed by atoms with E-state index in [4.69, 9.17) is 10.2 Å². The van der Waals surface area contributed by atoms with Crippen LogP contribution < -0.4 is 11.1 Å². The highest BCUT2D eigenvalue weighted by Gasteiger charge is 2.15. The summed E-state index contributed by atoms with van der Waals surface area (Å²) in [5.41, 5.74) is 5.31. The molecule has 5 nitrogen and oxygen atoms in total. The fourth-order valence-corrected chi connectivity index (χ4v) is 1.66. The highest BCUT2D eigenvalue weighted by atomic mass is 16.4. The van der Waals surface area contributed by atoms with Crippen molar-refractivity contribution in [2.24, 2.45) is 5.92 Å². The Balaban J connectivity index is 1.78. The molecule has 1 aromatic rings. The number of nitrogens with one attached hydrogen (secondary N) is 1. The molecule has 0 aliphatic carbocycles. The summed E-state index contributed by atoms with van der Waals surface area (Å²) in [6.07, 6.45) is 3.20. The zero-order valence-electron chi connectivity index (χ0n) is 7.49. The predicted molar refractivity (Wildman–Crippen MR) is 48.0 cm³/mol. The third kappa shape index (κ3) is 2.18. The van der Waals surface area contributed by atoms with E-state index in [0.717, 1.165) is 31.8 Å². The molecule has 1 saturated heterocycles. The largest absolute Gasteiger partial charge is 0.408 e. The van der Waals surface area contributed by atoms with Crippen LogP contribution in [0.2, 0.25) is 0 Å². The van der Waals surface area contributed by atoms with Crippen molar-refractivity contribution in [3.8, 4) is 0 Å². The minimum atomic E-state index is 0.166. The molecule has 0 aromatic carbocycles. The van der Waals surface area contributed by atoms with E-state index in [-0.39, 0.29) is 6.01 Å². The second-order valence-corrected chi connectivity index (χ2v) is 3.43. The Hall–Kier alpha value is -1.10. The summed E-state index contributed by atoms with van der Waals surface area (Å²) in [5, 5.41) is 10.7. The Kier molecular flexibility index (Phi) is 2.44. The molecular formula is C8H14N4O. The standard InChI is InChI=1S/C8H14N4O/c9-8-12-11-7(13-8)2-1-6-3-4-10-5-6/h6,10H,1-5H2,(H2,9,12). The van der Waals surface area contributed by atoms with Crippen LogP contribution in [0.5, 0.6) is 0 Å². The SMILES string of the molecule is Nc1nnc(CCC2CCNC2)o1. The van der Waals surface area contributed by atoms with E-state index in [1.54, 1.807) is 0 Å². The first kappa shape index (κ1) is 8.50. The van der Waals surface area contributed by atoms with Gasteiger partial charge in [0, 0.05) is 6.42 Å². The quantitative estimate of drug-likeness (QED) is 0.698. The first-order valence-corrected chi connectivity index (χ1v) is 4.63. The zero-order chi connectivity index (χ0) is 9.10. The third-order valence-corrected chi connectivity index (χ3v) is 2.41. The van der Waals surface area contributed by atoms with Crippen molar-refractivity contribution >= 4 is 6.01 Å². The van der Waals surface area contributed by atoms with Gasteiger partial charge in [0.2, 0.25) is 5.89 Å². The van der Waals surface area contributed by atoms with Gasteiger partial charge in [-0.05, 0) is 31.8 Å². The van der Waals surface area contributed by atoms with Crippen molar-refractivity contribution in [1.82, 2.24) is 15.5 Å². The summed E-state index contributed by atoms with van der Waals surface area (Å²) in [6, 6.07) is 0.166. The van der Waals surface area contributed by atoms with Gasteiger partial charge in [0.15, 0.2) is 0 Å². The lowest BCUT2D eigenvalue weighted by Gasteiger charge is -2.03. The van der Waals surface area contributed by atoms with Gasteiger partial charge in [-0.3, -0.25) is 0 Å². The Morgan fingerprint density at radius 1 is 1.54 bits per heavy atom. The van der Waals surface area contributed by atoms with Crippen LogP contribution >= 0.6 is 0 Å².